The van der Waals surface area contributed by atoms with E-state index in [0.717, 1.165) is 0 Å². The minimum absolute atomic E-state index is 0.187. The molecule has 1 aromatic heterocycles. The van der Waals surface area contributed by atoms with Crippen LogP contribution in [0.2, 0.25) is 0 Å². The molecule has 3 N–H and O–H groups in total. The monoisotopic (exact) mass is 333 g/mol. The lowest BCUT2D eigenvalue weighted by Gasteiger charge is -2.30. The Bertz CT molecular complexity index is 617. The number of likely N-dealkylation sites (tertiary alicyclic amines) is 1. The number of likely N-dealkylation sites (N-methyl/N-ethyl adjacent to an activating group) is 1. The van der Waals surface area contributed by atoms with Gasteiger partial charge in [0.1, 0.15) is 11.9 Å². The van der Waals surface area contributed by atoms with E-state index in [1.54, 1.807) is 30.3 Å². The van der Waals surface area contributed by atoms with Gasteiger partial charge in [-0.1, -0.05) is 0 Å². The molecule has 0 spiro atoms. The minimum Gasteiger partial charge on any atom is -0.378 e. The van der Waals surface area contributed by atoms with Gasteiger partial charge >= 0.3 is 0 Å². The van der Waals surface area contributed by atoms with Gasteiger partial charge in [0, 0.05) is 38.9 Å². The van der Waals surface area contributed by atoms with Gasteiger partial charge in [-0.25, -0.2) is 4.98 Å². The normalized spacial score (nSPS) is 24.1. The molecule has 130 valence electrons. The SMILES string of the molecule is CNC(=O)[C@@H]1C[C@H](N)CN1C(=O)c1cccnc1N1CCOCC1. The third kappa shape index (κ3) is 3.20. The van der Waals surface area contributed by atoms with Gasteiger partial charge in [0.15, 0.2) is 0 Å². The van der Waals surface area contributed by atoms with Crippen LogP contribution >= 0.6 is 0 Å². The van der Waals surface area contributed by atoms with E-state index in [9.17, 15) is 9.59 Å². The molecule has 0 unspecified atom stereocenters. The second-order valence-electron chi connectivity index (χ2n) is 6.06. The number of pyridine rings is 1. The number of rotatable bonds is 3. The maximum atomic E-state index is 13.1. The van der Waals surface area contributed by atoms with Gasteiger partial charge in [-0.15, -0.1) is 0 Å². The van der Waals surface area contributed by atoms with E-state index in [4.69, 9.17) is 10.5 Å². The minimum atomic E-state index is -0.532. The molecule has 0 aromatic carbocycles. The lowest BCUT2D eigenvalue weighted by molar-refractivity contribution is -0.124. The summed E-state index contributed by atoms with van der Waals surface area (Å²) < 4.78 is 5.36. The lowest BCUT2D eigenvalue weighted by atomic mass is 10.1. The number of morpholine rings is 1. The summed E-state index contributed by atoms with van der Waals surface area (Å²) in [6, 6.07) is 2.77. The molecule has 24 heavy (non-hydrogen) atoms. The quantitative estimate of drug-likeness (QED) is 0.751. The van der Waals surface area contributed by atoms with Crippen LogP contribution in [0.1, 0.15) is 16.8 Å². The summed E-state index contributed by atoms with van der Waals surface area (Å²) in [6.45, 7) is 2.97. The third-order valence-corrected chi connectivity index (χ3v) is 4.47. The van der Waals surface area contributed by atoms with Crippen LogP contribution in [0.3, 0.4) is 0 Å². The van der Waals surface area contributed by atoms with Gasteiger partial charge in [0.25, 0.3) is 5.91 Å². The zero-order valence-electron chi connectivity index (χ0n) is 13.8. The first-order valence-corrected chi connectivity index (χ1v) is 8.17. The molecule has 2 aliphatic rings. The van der Waals surface area contributed by atoms with E-state index in [1.807, 2.05) is 4.90 Å². The van der Waals surface area contributed by atoms with Crippen molar-refractivity contribution in [1.29, 1.82) is 0 Å². The summed E-state index contributed by atoms with van der Waals surface area (Å²) >= 11 is 0. The maximum absolute atomic E-state index is 13.1. The Morgan fingerprint density at radius 2 is 2.12 bits per heavy atom. The average Bonchev–Trinajstić information content (AvgIpc) is 3.03. The van der Waals surface area contributed by atoms with E-state index in [2.05, 4.69) is 10.3 Å². The largest absolute Gasteiger partial charge is 0.378 e. The van der Waals surface area contributed by atoms with E-state index >= 15 is 0 Å². The zero-order chi connectivity index (χ0) is 17.1. The highest BCUT2D eigenvalue weighted by atomic mass is 16.5. The molecule has 8 heteroatoms. The van der Waals surface area contributed by atoms with Crippen LogP contribution < -0.4 is 16.0 Å². The molecule has 0 radical (unpaired) electrons. The number of amides is 2. The molecule has 3 heterocycles. The molecule has 3 rings (SSSR count). The second kappa shape index (κ2) is 7.14. The second-order valence-corrected chi connectivity index (χ2v) is 6.06. The number of nitrogens with two attached hydrogens (primary N) is 1. The summed E-state index contributed by atoms with van der Waals surface area (Å²) in [5.74, 6) is 0.251. The summed E-state index contributed by atoms with van der Waals surface area (Å²) in [4.78, 5) is 33.2. The molecule has 2 amide bonds. The molecule has 2 aliphatic heterocycles. The smallest absolute Gasteiger partial charge is 0.258 e. The Morgan fingerprint density at radius 1 is 1.38 bits per heavy atom. The first-order valence-electron chi connectivity index (χ1n) is 8.17. The molecule has 2 fully saturated rings. The number of carbonyl (C=O) groups excluding carboxylic acids is 2. The van der Waals surface area contributed by atoms with Crippen LogP contribution in [0, 0.1) is 0 Å². The van der Waals surface area contributed by atoms with Gasteiger partial charge in [-0.2, -0.15) is 0 Å². The number of anilines is 1. The maximum Gasteiger partial charge on any atom is 0.258 e. The first kappa shape index (κ1) is 16.7. The number of nitrogens with one attached hydrogen (secondary N) is 1. The molecular formula is C16H23N5O3. The van der Waals surface area contributed by atoms with Gasteiger partial charge in [-0.3, -0.25) is 9.59 Å². The van der Waals surface area contributed by atoms with Crippen molar-refractivity contribution in [2.24, 2.45) is 5.73 Å². The van der Waals surface area contributed by atoms with Gasteiger partial charge in [0.05, 0.1) is 18.8 Å². The number of hydrogen-bond donors (Lipinski definition) is 2. The predicted molar refractivity (Wildman–Crippen MR) is 88.8 cm³/mol. The summed E-state index contributed by atoms with van der Waals surface area (Å²) in [7, 11) is 1.57. The fraction of sp³-hybridized carbons (Fsp3) is 0.562. The highest BCUT2D eigenvalue weighted by Crippen LogP contribution is 2.25. The standard InChI is InChI=1S/C16H23N5O3/c1-18-15(22)13-9-11(17)10-21(13)16(23)12-3-2-4-19-14(12)20-5-7-24-8-6-20/h2-4,11,13H,5-10,17H2,1H3,(H,18,22)/t11-,13-/m0/s1. The highest BCUT2D eigenvalue weighted by Gasteiger charge is 2.39. The Labute approximate surface area is 140 Å². The van der Waals surface area contributed by atoms with Crippen molar-refractivity contribution in [3.8, 4) is 0 Å². The topological polar surface area (TPSA) is 101 Å². The molecule has 0 aliphatic carbocycles. The van der Waals surface area contributed by atoms with Crippen LogP contribution in [0.15, 0.2) is 18.3 Å². The lowest BCUT2D eigenvalue weighted by Crippen LogP contribution is -2.46. The molecule has 1 aromatic rings. The van der Waals surface area contributed by atoms with Gasteiger partial charge in [0.2, 0.25) is 5.91 Å². The van der Waals surface area contributed by atoms with Crippen molar-refractivity contribution in [3.05, 3.63) is 23.9 Å². The molecule has 0 saturated carbocycles. The molecule has 8 nitrogen and oxygen atoms in total. The van der Waals surface area contributed by atoms with Crippen molar-refractivity contribution in [2.75, 3.05) is 44.8 Å². The fourth-order valence-corrected chi connectivity index (χ4v) is 3.25. The number of hydrogen-bond acceptors (Lipinski definition) is 6. The Morgan fingerprint density at radius 3 is 2.83 bits per heavy atom. The fourth-order valence-electron chi connectivity index (χ4n) is 3.25. The first-order chi connectivity index (χ1) is 11.6. The molecular weight excluding hydrogens is 310 g/mol. The van der Waals surface area contributed by atoms with E-state index in [1.165, 1.54) is 0 Å². The van der Waals surface area contributed by atoms with Crippen LogP contribution in [0.25, 0.3) is 0 Å². The van der Waals surface area contributed by atoms with Crippen LogP contribution in [0.5, 0.6) is 0 Å². The zero-order valence-corrected chi connectivity index (χ0v) is 13.8. The number of aromatic nitrogens is 1. The van der Waals surface area contributed by atoms with Crippen molar-refractivity contribution >= 4 is 17.6 Å². The highest BCUT2D eigenvalue weighted by molar-refractivity contribution is 6.01. The predicted octanol–water partition coefficient (Wildman–Crippen LogP) is -0.794. The molecule has 2 saturated heterocycles. The Hall–Kier alpha value is -2.19. The number of carbonyl (C=O) groups is 2. The summed E-state index contributed by atoms with van der Waals surface area (Å²) in [5.41, 5.74) is 6.49. The van der Waals surface area contributed by atoms with Crippen LogP contribution in [0.4, 0.5) is 5.82 Å². The van der Waals surface area contributed by atoms with Crippen LogP contribution in [-0.4, -0.2) is 73.7 Å². The summed E-state index contributed by atoms with van der Waals surface area (Å²) in [5, 5.41) is 2.61. The number of nitrogens with zero attached hydrogens (tertiary/aromatic N) is 3. The summed E-state index contributed by atoms with van der Waals surface area (Å²) in [6.07, 6.45) is 2.14. The van der Waals surface area contributed by atoms with E-state index < -0.39 is 6.04 Å². The molecule has 0 bridgehead atoms. The van der Waals surface area contributed by atoms with Crippen molar-refractivity contribution < 1.29 is 14.3 Å². The van der Waals surface area contributed by atoms with E-state index in [-0.39, 0.29) is 17.9 Å². The van der Waals surface area contributed by atoms with Crippen molar-refractivity contribution in [3.63, 3.8) is 0 Å². The molecule has 2 atom stereocenters. The van der Waals surface area contributed by atoms with Gasteiger partial charge in [-0.05, 0) is 18.6 Å². The third-order valence-electron chi connectivity index (χ3n) is 4.47. The number of ether oxygens (including phenoxy) is 1. The van der Waals surface area contributed by atoms with Crippen molar-refractivity contribution in [1.82, 2.24) is 15.2 Å². The van der Waals surface area contributed by atoms with Crippen LogP contribution in [-0.2, 0) is 9.53 Å². The van der Waals surface area contributed by atoms with Gasteiger partial charge < -0.3 is 25.6 Å². The average molecular weight is 333 g/mol. The van der Waals surface area contributed by atoms with E-state index in [0.29, 0.717) is 50.7 Å². The van der Waals surface area contributed by atoms with Crippen molar-refractivity contribution in [2.45, 2.75) is 18.5 Å². The Balaban J connectivity index is 1.88. The Kier molecular flexibility index (Phi) is 4.96.